The fourth-order valence-electron chi connectivity index (χ4n) is 3.10. The summed E-state index contributed by atoms with van der Waals surface area (Å²) in [5.41, 5.74) is 0.526. The molecule has 0 spiro atoms. The summed E-state index contributed by atoms with van der Waals surface area (Å²) >= 11 is 0. The van der Waals surface area contributed by atoms with Crippen LogP contribution in [0.2, 0.25) is 0 Å². The van der Waals surface area contributed by atoms with Crippen LogP contribution in [0.25, 0.3) is 0 Å². The maximum absolute atomic E-state index is 12.0. The average molecular weight is 361 g/mol. The minimum atomic E-state index is -1.10. The van der Waals surface area contributed by atoms with Gasteiger partial charge in [-0.3, -0.25) is 4.79 Å². The number of benzene rings is 1. The van der Waals surface area contributed by atoms with Gasteiger partial charge in [-0.1, -0.05) is 49.6 Å². The van der Waals surface area contributed by atoms with Crippen LogP contribution in [0.3, 0.4) is 0 Å². The first-order valence-electron chi connectivity index (χ1n) is 9.17. The van der Waals surface area contributed by atoms with Crippen LogP contribution in [0.15, 0.2) is 30.3 Å². The van der Waals surface area contributed by atoms with Crippen molar-refractivity contribution in [3.63, 3.8) is 0 Å². The van der Waals surface area contributed by atoms with Crippen LogP contribution in [0.5, 0.6) is 0 Å². The van der Waals surface area contributed by atoms with Crippen LogP contribution in [-0.4, -0.2) is 35.6 Å². The van der Waals surface area contributed by atoms with Crippen molar-refractivity contribution in [2.45, 2.75) is 57.0 Å². The monoisotopic (exact) mass is 361 g/mol. The molecule has 1 aromatic carbocycles. The lowest BCUT2D eigenvalue weighted by atomic mass is 9.96. The molecule has 7 heteroatoms. The second-order valence-electron chi connectivity index (χ2n) is 6.59. The van der Waals surface area contributed by atoms with Gasteiger partial charge in [-0.2, -0.15) is 0 Å². The summed E-state index contributed by atoms with van der Waals surface area (Å²) in [6.07, 6.45) is 6.17. The molecule has 26 heavy (non-hydrogen) atoms. The quantitative estimate of drug-likeness (QED) is 0.533. The zero-order chi connectivity index (χ0) is 18.8. The third-order valence-corrected chi connectivity index (χ3v) is 4.49. The average Bonchev–Trinajstić information content (AvgIpc) is 2.64. The number of hydrogen-bond donors (Lipinski definition) is 4. The highest BCUT2D eigenvalue weighted by Gasteiger charge is 2.21. The van der Waals surface area contributed by atoms with Gasteiger partial charge in [-0.15, -0.1) is 0 Å². The summed E-state index contributed by atoms with van der Waals surface area (Å²) in [7, 11) is 0. The van der Waals surface area contributed by atoms with E-state index in [4.69, 9.17) is 0 Å². The molecule has 142 valence electrons. The van der Waals surface area contributed by atoms with Crippen molar-refractivity contribution in [3.8, 4) is 0 Å². The minimum absolute atomic E-state index is 0.153. The van der Waals surface area contributed by atoms with E-state index in [-0.39, 0.29) is 24.4 Å². The molecular formula is C19H27N3O4. The van der Waals surface area contributed by atoms with Gasteiger partial charge in [0.05, 0.1) is 0 Å². The molecule has 0 saturated heterocycles. The van der Waals surface area contributed by atoms with E-state index in [1.165, 1.54) is 6.42 Å². The molecule has 0 radical (unpaired) electrons. The molecule has 3 amide bonds. The third-order valence-electron chi connectivity index (χ3n) is 4.49. The van der Waals surface area contributed by atoms with Crippen LogP contribution in [0, 0.1) is 0 Å². The van der Waals surface area contributed by atoms with Crippen molar-refractivity contribution in [1.82, 2.24) is 16.0 Å². The van der Waals surface area contributed by atoms with E-state index in [0.717, 1.165) is 25.7 Å². The van der Waals surface area contributed by atoms with Gasteiger partial charge in [-0.25, -0.2) is 9.59 Å². The standard InChI is InChI=1S/C19H27N3O4/c23-16(22-17(18(24)25)14-8-3-1-4-9-14)12-7-13-20-19(26)21-15-10-5-2-6-11-15/h1,3-4,8-9,15,17H,2,5-7,10-13H2,(H,22,23)(H,24,25)(H2,20,21,26). The Morgan fingerprint density at radius 2 is 1.77 bits per heavy atom. The molecule has 1 aliphatic carbocycles. The summed E-state index contributed by atoms with van der Waals surface area (Å²) in [5.74, 6) is -1.45. The van der Waals surface area contributed by atoms with E-state index in [2.05, 4.69) is 16.0 Å². The molecule has 1 saturated carbocycles. The van der Waals surface area contributed by atoms with Crippen molar-refractivity contribution < 1.29 is 19.5 Å². The lowest BCUT2D eigenvalue weighted by molar-refractivity contribution is -0.142. The van der Waals surface area contributed by atoms with Crippen LogP contribution in [-0.2, 0) is 9.59 Å². The lowest BCUT2D eigenvalue weighted by Crippen LogP contribution is -2.43. The molecule has 2 rings (SSSR count). The first kappa shape index (κ1) is 19.8. The second kappa shape index (κ2) is 10.4. The molecule has 1 fully saturated rings. The molecule has 4 N–H and O–H groups in total. The second-order valence-corrected chi connectivity index (χ2v) is 6.59. The highest BCUT2D eigenvalue weighted by molar-refractivity contribution is 5.84. The van der Waals surface area contributed by atoms with Crippen LogP contribution in [0.1, 0.15) is 56.6 Å². The molecular weight excluding hydrogens is 334 g/mol. The molecule has 1 aromatic rings. The van der Waals surface area contributed by atoms with E-state index in [1.54, 1.807) is 30.3 Å². The summed E-state index contributed by atoms with van der Waals surface area (Å²) in [4.78, 5) is 35.2. The Balaban J connectivity index is 1.66. The van der Waals surface area contributed by atoms with Crippen molar-refractivity contribution in [1.29, 1.82) is 0 Å². The van der Waals surface area contributed by atoms with Gasteiger partial charge in [0.25, 0.3) is 0 Å². The zero-order valence-corrected chi connectivity index (χ0v) is 14.9. The molecule has 0 bridgehead atoms. The molecule has 0 heterocycles. The zero-order valence-electron chi connectivity index (χ0n) is 14.9. The third kappa shape index (κ3) is 6.74. The molecule has 7 nitrogen and oxygen atoms in total. The molecule has 0 aliphatic heterocycles. The Labute approximate surface area is 153 Å². The molecule has 0 aromatic heterocycles. The van der Waals surface area contributed by atoms with Crippen LogP contribution >= 0.6 is 0 Å². The Morgan fingerprint density at radius 1 is 1.08 bits per heavy atom. The van der Waals surface area contributed by atoms with Gasteiger partial charge in [-0.05, 0) is 24.8 Å². The number of amides is 3. The molecule has 1 aliphatic rings. The number of rotatable bonds is 8. The number of aliphatic carboxylic acids is 1. The minimum Gasteiger partial charge on any atom is -0.479 e. The fraction of sp³-hybridized carbons (Fsp3) is 0.526. The fourth-order valence-corrected chi connectivity index (χ4v) is 3.10. The summed E-state index contributed by atoms with van der Waals surface area (Å²) < 4.78 is 0. The SMILES string of the molecule is O=C(CCCNC(=O)NC1CCCCC1)NC(C(=O)O)c1ccccc1. The predicted octanol–water partition coefficient (Wildman–Crippen LogP) is 2.34. The van der Waals surface area contributed by atoms with E-state index in [9.17, 15) is 19.5 Å². The van der Waals surface area contributed by atoms with Gasteiger partial charge in [0.15, 0.2) is 6.04 Å². The first-order valence-corrected chi connectivity index (χ1v) is 9.17. The highest BCUT2D eigenvalue weighted by atomic mass is 16.4. The largest absolute Gasteiger partial charge is 0.479 e. The van der Waals surface area contributed by atoms with Crippen molar-refractivity contribution in [2.75, 3.05) is 6.54 Å². The van der Waals surface area contributed by atoms with Crippen molar-refractivity contribution in [3.05, 3.63) is 35.9 Å². The van der Waals surface area contributed by atoms with E-state index in [1.807, 2.05) is 0 Å². The predicted molar refractivity (Wildman–Crippen MR) is 97.6 cm³/mol. The Kier molecular flexibility index (Phi) is 7.92. The Morgan fingerprint density at radius 3 is 2.42 bits per heavy atom. The van der Waals surface area contributed by atoms with E-state index in [0.29, 0.717) is 18.5 Å². The van der Waals surface area contributed by atoms with Crippen molar-refractivity contribution in [2.24, 2.45) is 0 Å². The number of carbonyl (C=O) groups excluding carboxylic acids is 2. The van der Waals surface area contributed by atoms with Gasteiger partial charge in [0, 0.05) is 19.0 Å². The number of hydrogen-bond acceptors (Lipinski definition) is 3. The van der Waals surface area contributed by atoms with Gasteiger partial charge in [0.2, 0.25) is 5.91 Å². The number of nitrogens with one attached hydrogen (secondary N) is 3. The maximum Gasteiger partial charge on any atom is 0.330 e. The number of urea groups is 1. The van der Waals surface area contributed by atoms with Gasteiger partial charge in [0.1, 0.15) is 0 Å². The highest BCUT2D eigenvalue weighted by Crippen LogP contribution is 2.17. The number of carboxylic acids is 1. The van der Waals surface area contributed by atoms with Crippen LogP contribution in [0.4, 0.5) is 4.79 Å². The lowest BCUT2D eigenvalue weighted by Gasteiger charge is -2.22. The number of carbonyl (C=O) groups is 3. The van der Waals surface area contributed by atoms with E-state index < -0.39 is 12.0 Å². The molecule has 1 atom stereocenters. The number of carboxylic acid groups (broad SMARTS) is 1. The first-order chi connectivity index (χ1) is 12.6. The maximum atomic E-state index is 12.0. The van der Waals surface area contributed by atoms with Crippen LogP contribution < -0.4 is 16.0 Å². The van der Waals surface area contributed by atoms with Crippen molar-refractivity contribution >= 4 is 17.9 Å². The Hall–Kier alpha value is -2.57. The Bertz CT molecular complexity index is 600. The van der Waals surface area contributed by atoms with Gasteiger partial charge < -0.3 is 21.1 Å². The summed E-state index contributed by atoms with van der Waals surface area (Å²) in [5, 5.41) is 17.5. The van der Waals surface area contributed by atoms with Gasteiger partial charge >= 0.3 is 12.0 Å². The summed E-state index contributed by atoms with van der Waals surface area (Å²) in [6, 6.07) is 7.55. The normalized spacial score (nSPS) is 15.7. The topological polar surface area (TPSA) is 108 Å². The summed E-state index contributed by atoms with van der Waals surface area (Å²) in [6.45, 7) is 0.370. The smallest absolute Gasteiger partial charge is 0.330 e. The molecule has 1 unspecified atom stereocenters. The van der Waals surface area contributed by atoms with E-state index >= 15 is 0 Å².